The normalized spacial score (nSPS) is 15.3. The van der Waals surface area contributed by atoms with Crippen molar-refractivity contribution in [2.24, 2.45) is 5.92 Å². The van der Waals surface area contributed by atoms with Crippen LogP contribution in [-0.2, 0) is 16.1 Å². The summed E-state index contributed by atoms with van der Waals surface area (Å²) in [6.07, 6.45) is 6.11. The van der Waals surface area contributed by atoms with Crippen molar-refractivity contribution in [1.82, 2.24) is 0 Å². The predicted molar refractivity (Wildman–Crippen MR) is 150 cm³/mol. The second-order valence-electron chi connectivity index (χ2n) is 9.14. The van der Waals surface area contributed by atoms with E-state index in [9.17, 15) is 22.1 Å². The van der Waals surface area contributed by atoms with Crippen LogP contribution >= 0.6 is 0 Å². The molecule has 0 aromatic heterocycles. The summed E-state index contributed by atoms with van der Waals surface area (Å²) in [5.74, 6) is -0.822. The molecule has 1 N–H and O–H groups in total. The number of hydrogen-bond donors (Lipinski definition) is 1. The molecule has 0 amide bonds. The Morgan fingerprint density at radius 3 is 1.79 bits per heavy atom. The van der Waals surface area contributed by atoms with E-state index in [1.54, 1.807) is 0 Å². The number of carbonyl (C=O) groups excluding carboxylic acids is 1. The SMILES string of the molecule is C=C[C@H](c1ccccc1)[C@H](C(=O)OC)[C@H](/C=C/C)[NH+](Cc1ccccc1)[C@@H](C)c1ccccc1.F[B-](F)(F)F. The van der Waals surface area contributed by atoms with Gasteiger partial charge in [0.1, 0.15) is 24.5 Å². The molecule has 8 heteroatoms. The summed E-state index contributed by atoms with van der Waals surface area (Å²) >= 11 is 0. The standard InChI is InChI=1S/C31H35NO2.BF4/c1-5-16-29(30(31(33)34-4)28(6-2)27-21-14-9-15-22-27)32(23-25-17-10-7-11-18-25)24(3)26-19-12-8-13-20-26;2-1(3,4)5/h5-22,24,28-30H,2,23H2,1,3-4H3;/q;-1/p+1/b16-5+;/t24-,28+,29-,30-;/m0./s1. The molecule has 0 bridgehead atoms. The first-order valence-corrected chi connectivity index (χ1v) is 12.8. The molecule has 3 nitrogen and oxygen atoms in total. The third-order valence-electron chi connectivity index (χ3n) is 6.62. The molecule has 3 aromatic carbocycles. The average Bonchev–Trinajstić information content (AvgIpc) is 2.93. The van der Waals surface area contributed by atoms with Crippen molar-refractivity contribution in [3.8, 4) is 0 Å². The number of quaternary nitrogens is 1. The fraction of sp³-hybridized carbons (Fsp3) is 0.258. The van der Waals surface area contributed by atoms with Crippen LogP contribution in [-0.4, -0.2) is 26.4 Å². The molecular formula is C31H36BF4NO2. The minimum absolute atomic E-state index is 0.129. The van der Waals surface area contributed by atoms with Crippen molar-refractivity contribution in [3.05, 3.63) is 132 Å². The predicted octanol–water partition coefficient (Wildman–Crippen LogP) is 6.84. The van der Waals surface area contributed by atoms with Crippen LogP contribution in [0.1, 0.15) is 42.5 Å². The van der Waals surface area contributed by atoms with Gasteiger partial charge in [0.05, 0.1) is 7.11 Å². The molecule has 0 fully saturated rings. The lowest BCUT2D eigenvalue weighted by molar-refractivity contribution is -0.963. The number of methoxy groups -OCH3 is 1. The first kappa shape index (κ1) is 31.6. The summed E-state index contributed by atoms with van der Waals surface area (Å²) < 4.78 is 44.4. The van der Waals surface area contributed by atoms with E-state index < -0.39 is 13.2 Å². The van der Waals surface area contributed by atoms with E-state index in [4.69, 9.17) is 4.74 Å². The molecule has 0 heterocycles. The maximum Gasteiger partial charge on any atom is 0.673 e. The zero-order valence-corrected chi connectivity index (χ0v) is 22.5. The molecule has 0 saturated carbocycles. The molecule has 39 heavy (non-hydrogen) atoms. The van der Waals surface area contributed by atoms with E-state index in [1.165, 1.54) is 23.1 Å². The Balaban J connectivity index is 0.000000976. The Morgan fingerprint density at radius 1 is 0.897 bits per heavy atom. The highest BCUT2D eigenvalue weighted by atomic mass is 19.5. The zero-order chi connectivity index (χ0) is 28.8. The fourth-order valence-electron chi connectivity index (χ4n) is 4.85. The van der Waals surface area contributed by atoms with E-state index >= 15 is 0 Å². The molecule has 5 atom stereocenters. The summed E-state index contributed by atoms with van der Waals surface area (Å²) in [7, 11) is -4.52. The first-order chi connectivity index (χ1) is 18.6. The number of allylic oxidation sites excluding steroid dienone is 2. The van der Waals surface area contributed by atoms with Gasteiger partial charge in [-0.3, -0.25) is 4.79 Å². The second kappa shape index (κ2) is 15.7. The van der Waals surface area contributed by atoms with Gasteiger partial charge in [0.15, 0.2) is 0 Å². The quantitative estimate of drug-likeness (QED) is 0.125. The number of benzene rings is 3. The Kier molecular flexibility index (Phi) is 12.7. The highest BCUT2D eigenvalue weighted by Crippen LogP contribution is 2.30. The van der Waals surface area contributed by atoms with Crippen LogP contribution in [0.3, 0.4) is 0 Å². The number of carbonyl (C=O) groups is 1. The van der Waals surface area contributed by atoms with Gasteiger partial charge in [-0.1, -0.05) is 103 Å². The number of nitrogens with one attached hydrogen (secondary N) is 1. The Labute approximate surface area is 228 Å². The number of hydrogen-bond acceptors (Lipinski definition) is 2. The van der Waals surface area contributed by atoms with Crippen LogP contribution in [0.25, 0.3) is 0 Å². The molecule has 0 saturated heterocycles. The second-order valence-corrected chi connectivity index (χ2v) is 9.14. The van der Waals surface area contributed by atoms with Gasteiger partial charge in [-0.2, -0.15) is 0 Å². The molecule has 0 spiro atoms. The van der Waals surface area contributed by atoms with Crippen LogP contribution in [0.5, 0.6) is 0 Å². The molecule has 0 aliphatic rings. The fourth-order valence-corrected chi connectivity index (χ4v) is 4.85. The van der Waals surface area contributed by atoms with Crippen molar-refractivity contribution in [2.75, 3.05) is 7.11 Å². The summed E-state index contributed by atoms with van der Waals surface area (Å²) in [5.41, 5.74) is 3.53. The van der Waals surface area contributed by atoms with Crippen LogP contribution < -0.4 is 4.90 Å². The third-order valence-corrected chi connectivity index (χ3v) is 6.62. The number of rotatable bonds is 11. The minimum atomic E-state index is -6.00. The maximum atomic E-state index is 13.4. The number of halogens is 4. The van der Waals surface area contributed by atoms with Crippen molar-refractivity contribution in [1.29, 1.82) is 0 Å². The van der Waals surface area contributed by atoms with Crippen LogP contribution in [0.4, 0.5) is 17.3 Å². The van der Waals surface area contributed by atoms with E-state index in [0.29, 0.717) is 0 Å². The molecule has 0 aliphatic heterocycles. The molecule has 0 radical (unpaired) electrons. The smallest absolute Gasteiger partial charge is 0.469 e. The molecule has 3 aromatic rings. The number of esters is 1. The van der Waals surface area contributed by atoms with Gasteiger partial charge in [-0.05, 0) is 25.5 Å². The highest BCUT2D eigenvalue weighted by molar-refractivity contribution is 6.50. The van der Waals surface area contributed by atoms with E-state index in [1.807, 2.05) is 43.3 Å². The lowest BCUT2D eigenvalue weighted by Gasteiger charge is -2.38. The topological polar surface area (TPSA) is 30.7 Å². The van der Waals surface area contributed by atoms with Gasteiger partial charge in [-0.15, -0.1) is 6.58 Å². The van der Waals surface area contributed by atoms with Gasteiger partial charge in [-0.25, -0.2) is 0 Å². The van der Waals surface area contributed by atoms with Gasteiger partial charge in [0.25, 0.3) is 0 Å². The summed E-state index contributed by atoms with van der Waals surface area (Å²) in [6, 6.07) is 31.1. The van der Waals surface area contributed by atoms with E-state index in [2.05, 4.69) is 86.3 Å². The zero-order valence-electron chi connectivity index (χ0n) is 22.5. The van der Waals surface area contributed by atoms with Crippen molar-refractivity contribution in [2.45, 2.75) is 38.4 Å². The van der Waals surface area contributed by atoms with E-state index in [0.717, 1.165) is 12.1 Å². The summed E-state index contributed by atoms with van der Waals surface area (Å²) in [6.45, 7) is 9.15. The Hall–Kier alpha value is -3.65. The van der Waals surface area contributed by atoms with Crippen LogP contribution in [0.2, 0.25) is 0 Å². The summed E-state index contributed by atoms with van der Waals surface area (Å²) in [4.78, 5) is 14.7. The maximum absolute atomic E-state index is 13.4. The minimum Gasteiger partial charge on any atom is -0.469 e. The van der Waals surface area contributed by atoms with Gasteiger partial charge in [0.2, 0.25) is 0 Å². The molecule has 0 aliphatic carbocycles. The Bertz CT molecular complexity index is 1150. The van der Waals surface area contributed by atoms with E-state index in [-0.39, 0.29) is 24.0 Å². The monoisotopic (exact) mass is 541 g/mol. The van der Waals surface area contributed by atoms with Gasteiger partial charge < -0.3 is 26.9 Å². The van der Waals surface area contributed by atoms with Crippen molar-refractivity contribution >= 4 is 13.2 Å². The molecule has 1 unspecified atom stereocenters. The Morgan fingerprint density at radius 2 is 1.36 bits per heavy atom. The van der Waals surface area contributed by atoms with Crippen molar-refractivity contribution < 1.29 is 31.7 Å². The molecular weight excluding hydrogens is 505 g/mol. The van der Waals surface area contributed by atoms with Crippen LogP contribution in [0.15, 0.2) is 116 Å². The molecule has 208 valence electrons. The lowest BCUT2D eigenvalue weighted by atomic mass is 9.79. The van der Waals surface area contributed by atoms with Gasteiger partial charge in [0, 0.05) is 17.0 Å². The summed E-state index contributed by atoms with van der Waals surface area (Å²) in [5, 5.41) is 0. The van der Waals surface area contributed by atoms with Crippen molar-refractivity contribution in [3.63, 3.8) is 0 Å². The van der Waals surface area contributed by atoms with Crippen LogP contribution in [0, 0.1) is 5.92 Å². The highest BCUT2D eigenvalue weighted by Gasteiger charge is 2.42. The van der Waals surface area contributed by atoms with Gasteiger partial charge >= 0.3 is 13.2 Å². The average molecular weight is 541 g/mol. The number of ether oxygens (including phenoxy) is 1. The third kappa shape index (κ3) is 10.2. The molecule has 3 rings (SSSR count). The lowest BCUT2D eigenvalue weighted by Crippen LogP contribution is -3.15. The first-order valence-electron chi connectivity index (χ1n) is 12.8. The largest absolute Gasteiger partial charge is 0.673 e.